The largest absolute Gasteiger partial charge is 0.388 e. The first-order valence-electron chi connectivity index (χ1n) is 4.20. The molecule has 1 aliphatic rings. The molecule has 0 aromatic carbocycles. The van der Waals surface area contributed by atoms with Crippen LogP contribution >= 0.6 is 0 Å². The van der Waals surface area contributed by atoms with Gasteiger partial charge in [-0.25, -0.2) is 0 Å². The fourth-order valence-electron chi connectivity index (χ4n) is 1.42. The van der Waals surface area contributed by atoms with Crippen LogP contribution in [0.5, 0.6) is 0 Å². The topological polar surface area (TPSA) is 69.9 Å². The molecule has 1 rings (SSSR count). The highest BCUT2D eigenvalue weighted by molar-refractivity contribution is 4.87. The Morgan fingerprint density at radius 1 is 1.17 bits per heavy atom. The number of hydrogen-bond donors (Lipinski definition) is 3. The molecule has 4 atom stereocenters. The number of aliphatic hydroxyl groups is 3. The lowest BCUT2D eigenvalue weighted by molar-refractivity contribution is -0.197. The van der Waals surface area contributed by atoms with E-state index in [0.29, 0.717) is 0 Å². The normalized spacial score (nSPS) is 43.5. The fourth-order valence-corrected chi connectivity index (χ4v) is 1.42. The first-order valence-corrected chi connectivity index (χ1v) is 4.20. The van der Waals surface area contributed by atoms with Crippen LogP contribution in [0.3, 0.4) is 0 Å². The molecule has 72 valence electrons. The molecule has 3 N–H and O–H groups in total. The van der Waals surface area contributed by atoms with Crippen LogP contribution < -0.4 is 0 Å². The SMILES string of the molecule is CC(C)[C@H]1OC[C@@H](O)[C@H](O)[C@H]1O. The maximum absolute atomic E-state index is 9.44. The number of aliphatic hydroxyl groups excluding tert-OH is 3. The molecule has 0 amide bonds. The van der Waals surface area contributed by atoms with Crippen LogP contribution in [0.25, 0.3) is 0 Å². The predicted octanol–water partition coefficient (Wildman–Crippen LogP) is -0.876. The number of ether oxygens (including phenoxy) is 1. The second-order valence-corrected chi connectivity index (χ2v) is 3.59. The smallest absolute Gasteiger partial charge is 0.111 e. The maximum atomic E-state index is 9.44. The summed E-state index contributed by atoms with van der Waals surface area (Å²) >= 11 is 0. The van der Waals surface area contributed by atoms with Gasteiger partial charge in [-0.05, 0) is 5.92 Å². The highest BCUT2D eigenvalue weighted by atomic mass is 16.5. The van der Waals surface area contributed by atoms with Crippen molar-refractivity contribution in [2.24, 2.45) is 5.92 Å². The molecule has 4 nitrogen and oxygen atoms in total. The van der Waals surface area contributed by atoms with E-state index in [1.807, 2.05) is 13.8 Å². The van der Waals surface area contributed by atoms with Crippen LogP contribution in [-0.2, 0) is 4.74 Å². The average molecular weight is 176 g/mol. The highest BCUT2D eigenvalue weighted by Crippen LogP contribution is 2.20. The van der Waals surface area contributed by atoms with Crippen molar-refractivity contribution in [3.63, 3.8) is 0 Å². The third-order valence-electron chi connectivity index (χ3n) is 2.20. The van der Waals surface area contributed by atoms with Crippen molar-refractivity contribution < 1.29 is 20.1 Å². The molecule has 1 fully saturated rings. The molecule has 0 bridgehead atoms. The Morgan fingerprint density at radius 3 is 2.25 bits per heavy atom. The van der Waals surface area contributed by atoms with Crippen molar-refractivity contribution in [1.29, 1.82) is 0 Å². The van der Waals surface area contributed by atoms with E-state index in [-0.39, 0.29) is 18.6 Å². The molecule has 1 saturated heterocycles. The van der Waals surface area contributed by atoms with E-state index in [0.717, 1.165) is 0 Å². The van der Waals surface area contributed by atoms with Gasteiger partial charge in [-0.2, -0.15) is 0 Å². The molecule has 0 aliphatic carbocycles. The summed E-state index contributed by atoms with van der Waals surface area (Å²) in [7, 11) is 0. The van der Waals surface area contributed by atoms with E-state index in [9.17, 15) is 10.2 Å². The minimum atomic E-state index is -1.08. The second-order valence-electron chi connectivity index (χ2n) is 3.59. The maximum Gasteiger partial charge on any atom is 0.111 e. The molecule has 0 spiro atoms. The third-order valence-corrected chi connectivity index (χ3v) is 2.20. The molecule has 0 radical (unpaired) electrons. The fraction of sp³-hybridized carbons (Fsp3) is 1.00. The lowest BCUT2D eigenvalue weighted by atomic mass is 9.93. The van der Waals surface area contributed by atoms with Gasteiger partial charge >= 0.3 is 0 Å². The van der Waals surface area contributed by atoms with Crippen molar-refractivity contribution in [2.75, 3.05) is 6.61 Å². The quantitative estimate of drug-likeness (QED) is 0.485. The van der Waals surface area contributed by atoms with Gasteiger partial charge in [0.05, 0.1) is 12.7 Å². The van der Waals surface area contributed by atoms with Gasteiger partial charge in [0, 0.05) is 0 Å². The highest BCUT2D eigenvalue weighted by Gasteiger charge is 2.38. The third kappa shape index (κ3) is 1.77. The molecule has 0 aromatic rings. The Labute approximate surface area is 71.8 Å². The van der Waals surface area contributed by atoms with Gasteiger partial charge in [0.1, 0.15) is 18.3 Å². The minimum Gasteiger partial charge on any atom is -0.388 e. The molecular weight excluding hydrogens is 160 g/mol. The van der Waals surface area contributed by atoms with Gasteiger partial charge in [0.2, 0.25) is 0 Å². The molecule has 12 heavy (non-hydrogen) atoms. The van der Waals surface area contributed by atoms with E-state index >= 15 is 0 Å². The summed E-state index contributed by atoms with van der Waals surface area (Å²) in [5.41, 5.74) is 0. The van der Waals surface area contributed by atoms with Gasteiger partial charge in [-0.1, -0.05) is 13.8 Å². The Hall–Kier alpha value is -0.160. The van der Waals surface area contributed by atoms with Gasteiger partial charge in [-0.15, -0.1) is 0 Å². The molecule has 0 unspecified atom stereocenters. The summed E-state index contributed by atoms with van der Waals surface area (Å²) in [5.74, 6) is 0.141. The van der Waals surface area contributed by atoms with Gasteiger partial charge in [0.15, 0.2) is 0 Å². The summed E-state index contributed by atoms with van der Waals surface area (Å²) in [6, 6.07) is 0. The van der Waals surface area contributed by atoms with Crippen molar-refractivity contribution >= 4 is 0 Å². The zero-order valence-electron chi connectivity index (χ0n) is 7.34. The van der Waals surface area contributed by atoms with Crippen LogP contribution in [0, 0.1) is 5.92 Å². The molecule has 4 heteroatoms. The lowest BCUT2D eigenvalue weighted by Crippen LogP contribution is -2.54. The van der Waals surface area contributed by atoms with Crippen LogP contribution in [0.4, 0.5) is 0 Å². The Kier molecular flexibility index (Phi) is 3.06. The summed E-state index contributed by atoms with van der Waals surface area (Å²) in [5, 5.41) is 27.8. The number of rotatable bonds is 1. The van der Waals surface area contributed by atoms with Crippen molar-refractivity contribution in [3.8, 4) is 0 Å². The van der Waals surface area contributed by atoms with Crippen molar-refractivity contribution in [2.45, 2.75) is 38.3 Å². The molecule has 0 saturated carbocycles. The van der Waals surface area contributed by atoms with Crippen molar-refractivity contribution in [3.05, 3.63) is 0 Å². The lowest BCUT2D eigenvalue weighted by Gasteiger charge is -2.37. The van der Waals surface area contributed by atoms with Crippen LogP contribution in [0.1, 0.15) is 13.8 Å². The Morgan fingerprint density at radius 2 is 1.75 bits per heavy atom. The summed E-state index contributed by atoms with van der Waals surface area (Å²) in [6.45, 7) is 3.90. The van der Waals surface area contributed by atoms with Crippen LogP contribution in [0.15, 0.2) is 0 Å². The van der Waals surface area contributed by atoms with Gasteiger partial charge in [-0.3, -0.25) is 0 Å². The number of hydrogen-bond acceptors (Lipinski definition) is 4. The Balaban J connectivity index is 2.58. The summed E-state index contributed by atoms with van der Waals surface area (Å²) < 4.78 is 5.17. The molecule has 1 heterocycles. The van der Waals surface area contributed by atoms with E-state index in [2.05, 4.69) is 0 Å². The Bertz CT molecular complexity index is 148. The average Bonchev–Trinajstić information content (AvgIpc) is 2.00. The first kappa shape index (κ1) is 9.92. The predicted molar refractivity (Wildman–Crippen MR) is 42.6 cm³/mol. The van der Waals surface area contributed by atoms with E-state index in [4.69, 9.17) is 9.84 Å². The summed E-state index contributed by atoms with van der Waals surface area (Å²) in [6.07, 6.45) is -3.39. The summed E-state index contributed by atoms with van der Waals surface area (Å²) in [4.78, 5) is 0. The van der Waals surface area contributed by atoms with E-state index in [1.165, 1.54) is 0 Å². The molecule has 1 aliphatic heterocycles. The van der Waals surface area contributed by atoms with Gasteiger partial charge in [0.25, 0.3) is 0 Å². The zero-order chi connectivity index (χ0) is 9.30. The van der Waals surface area contributed by atoms with Gasteiger partial charge < -0.3 is 20.1 Å². The molecule has 0 aromatic heterocycles. The monoisotopic (exact) mass is 176 g/mol. The molecular formula is C8H16O4. The van der Waals surface area contributed by atoms with Crippen molar-refractivity contribution in [1.82, 2.24) is 0 Å². The van der Waals surface area contributed by atoms with Crippen LogP contribution in [-0.4, -0.2) is 46.3 Å². The second kappa shape index (κ2) is 3.70. The zero-order valence-corrected chi connectivity index (χ0v) is 7.34. The standard InChI is InChI=1S/C8H16O4/c1-4(2)8-7(11)6(10)5(9)3-12-8/h4-11H,3H2,1-2H3/t5-,6+,7-,8-/m1/s1. The first-order chi connectivity index (χ1) is 5.54. The minimum absolute atomic E-state index is 0.0983. The van der Waals surface area contributed by atoms with E-state index < -0.39 is 18.3 Å². The van der Waals surface area contributed by atoms with Crippen LogP contribution in [0.2, 0.25) is 0 Å². The van der Waals surface area contributed by atoms with E-state index in [1.54, 1.807) is 0 Å².